The lowest BCUT2D eigenvalue weighted by atomic mass is 10.0. The Balaban J connectivity index is 1.41. The van der Waals surface area contributed by atoms with Gasteiger partial charge in [-0.3, -0.25) is 4.79 Å². The predicted molar refractivity (Wildman–Crippen MR) is 139 cm³/mol. The first kappa shape index (κ1) is 22.7. The van der Waals surface area contributed by atoms with Crippen LogP contribution in [-0.4, -0.2) is 24.1 Å². The van der Waals surface area contributed by atoms with Crippen molar-refractivity contribution in [1.29, 1.82) is 0 Å². The van der Waals surface area contributed by atoms with Crippen molar-refractivity contribution in [2.45, 2.75) is 32.7 Å². The number of ether oxygens (including phenoxy) is 2. The third-order valence-electron chi connectivity index (χ3n) is 6.22. The van der Waals surface area contributed by atoms with Gasteiger partial charge in [-0.2, -0.15) is 0 Å². The molecule has 35 heavy (non-hydrogen) atoms. The summed E-state index contributed by atoms with van der Waals surface area (Å²) in [6, 6.07) is 23.3. The van der Waals surface area contributed by atoms with Crippen LogP contribution >= 0.6 is 0 Å². The SMILES string of the molecule is CC(C)c1ccc(Nc2cc(C(=O)N[C@@H](C)c3ccc4c(c3)OCCO4)c3ccccc3n2)cc1. The molecule has 0 saturated carbocycles. The normalized spacial score (nSPS) is 13.5. The molecule has 4 aromatic rings. The van der Waals surface area contributed by atoms with Crippen molar-refractivity contribution in [2.24, 2.45) is 0 Å². The summed E-state index contributed by atoms with van der Waals surface area (Å²) in [5.41, 5.74) is 4.47. The summed E-state index contributed by atoms with van der Waals surface area (Å²) in [7, 11) is 0. The highest BCUT2D eigenvalue weighted by Gasteiger charge is 2.19. The fraction of sp³-hybridized carbons (Fsp3) is 0.241. The van der Waals surface area contributed by atoms with Crippen molar-refractivity contribution in [3.63, 3.8) is 0 Å². The average molecular weight is 468 g/mol. The van der Waals surface area contributed by atoms with Gasteiger partial charge < -0.3 is 20.1 Å². The molecule has 2 heterocycles. The van der Waals surface area contributed by atoms with Gasteiger partial charge in [0, 0.05) is 11.1 Å². The fourth-order valence-electron chi connectivity index (χ4n) is 4.21. The maximum Gasteiger partial charge on any atom is 0.252 e. The van der Waals surface area contributed by atoms with Crippen LogP contribution in [0.25, 0.3) is 10.9 Å². The van der Waals surface area contributed by atoms with Crippen LogP contribution in [0.3, 0.4) is 0 Å². The molecule has 178 valence electrons. The lowest BCUT2D eigenvalue weighted by Gasteiger charge is -2.21. The van der Waals surface area contributed by atoms with Crippen molar-refractivity contribution < 1.29 is 14.3 Å². The van der Waals surface area contributed by atoms with Crippen LogP contribution in [0.2, 0.25) is 0 Å². The van der Waals surface area contributed by atoms with Crippen molar-refractivity contribution >= 4 is 28.3 Å². The first-order chi connectivity index (χ1) is 17.0. The van der Waals surface area contributed by atoms with E-state index in [2.05, 4.69) is 36.6 Å². The van der Waals surface area contributed by atoms with Gasteiger partial charge >= 0.3 is 0 Å². The zero-order chi connectivity index (χ0) is 24.4. The number of amides is 1. The number of nitrogens with zero attached hydrogens (tertiary/aromatic N) is 1. The molecule has 3 aromatic carbocycles. The van der Waals surface area contributed by atoms with E-state index < -0.39 is 0 Å². The van der Waals surface area contributed by atoms with Crippen LogP contribution < -0.4 is 20.1 Å². The molecule has 1 amide bonds. The van der Waals surface area contributed by atoms with Gasteiger partial charge in [-0.1, -0.05) is 50.2 Å². The molecule has 0 radical (unpaired) electrons. The van der Waals surface area contributed by atoms with Gasteiger partial charge in [-0.05, 0) is 60.4 Å². The Hall–Kier alpha value is -4.06. The number of carbonyl (C=O) groups excluding carboxylic acids is 1. The highest BCUT2D eigenvalue weighted by Crippen LogP contribution is 2.33. The quantitative estimate of drug-likeness (QED) is 0.345. The van der Waals surface area contributed by atoms with E-state index in [0.29, 0.717) is 36.3 Å². The Labute approximate surface area is 205 Å². The van der Waals surface area contributed by atoms with Crippen molar-refractivity contribution in [3.8, 4) is 11.5 Å². The van der Waals surface area contributed by atoms with Crippen LogP contribution in [0.15, 0.2) is 72.8 Å². The molecule has 0 unspecified atom stereocenters. The Morgan fingerprint density at radius 3 is 2.34 bits per heavy atom. The maximum absolute atomic E-state index is 13.4. The van der Waals surface area contributed by atoms with Gasteiger partial charge in [0.25, 0.3) is 5.91 Å². The summed E-state index contributed by atoms with van der Waals surface area (Å²) >= 11 is 0. The number of benzene rings is 3. The molecule has 0 aliphatic carbocycles. The van der Waals surface area contributed by atoms with Gasteiger partial charge in [0.1, 0.15) is 19.0 Å². The molecule has 0 bridgehead atoms. The van der Waals surface area contributed by atoms with Crippen LogP contribution in [0.4, 0.5) is 11.5 Å². The number of fused-ring (bicyclic) bond motifs is 2. The largest absolute Gasteiger partial charge is 0.486 e. The minimum Gasteiger partial charge on any atom is -0.486 e. The first-order valence-electron chi connectivity index (χ1n) is 11.9. The summed E-state index contributed by atoms with van der Waals surface area (Å²) in [5, 5.41) is 7.29. The van der Waals surface area contributed by atoms with Crippen LogP contribution in [0, 0.1) is 0 Å². The number of hydrogen-bond acceptors (Lipinski definition) is 5. The van der Waals surface area contributed by atoms with Gasteiger partial charge in [0.2, 0.25) is 0 Å². The Morgan fingerprint density at radius 2 is 1.57 bits per heavy atom. The standard InChI is InChI=1S/C29H29N3O3/c1-18(2)20-8-11-22(12-9-20)31-28-17-24(23-6-4-5-7-25(23)32-28)29(33)30-19(3)21-10-13-26-27(16-21)35-15-14-34-26/h4-13,16-19H,14-15H2,1-3H3,(H,30,33)(H,31,32)/t19-/m0/s1. The van der Waals surface area contributed by atoms with E-state index in [0.717, 1.165) is 27.9 Å². The number of anilines is 2. The minimum atomic E-state index is -0.217. The number of rotatable bonds is 6. The van der Waals surface area contributed by atoms with Gasteiger partial charge in [0.15, 0.2) is 11.5 Å². The topological polar surface area (TPSA) is 72.5 Å². The van der Waals surface area contributed by atoms with Crippen LogP contribution in [0.5, 0.6) is 11.5 Å². The molecular weight excluding hydrogens is 438 g/mol. The van der Waals surface area contributed by atoms with Crippen molar-refractivity contribution in [2.75, 3.05) is 18.5 Å². The molecular formula is C29H29N3O3. The fourth-order valence-corrected chi connectivity index (χ4v) is 4.21. The van der Waals surface area contributed by atoms with E-state index in [1.165, 1.54) is 5.56 Å². The van der Waals surface area contributed by atoms with E-state index in [9.17, 15) is 4.79 Å². The lowest BCUT2D eigenvalue weighted by molar-refractivity contribution is 0.0941. The highest BCUT2D eigenvalue weighted by molar-refractivity contribution is 6.07. The molecule has 0 fully saturated rings. The van der Waals surface area contributed by atoms with E-state index in [1.54, 1.807) is 0 Å². The van der Waals surface area contributed by atoms with Crippen LogP contribution in [-0.2, 0) is 0 Å². The first-order valence-corrected chi connectivity index (χ1v) is 11.9. The van der Waals surface area contributed by atoms with Crippen molar-refractivity contribution in [3.05, 3.63) is 89.5 Å². The van der Waals surface area contributed by atoms with Gasteiger partial charge in [0.05, 0.1) is 17.1 Å². The average Bonchev–Trinajstić information content (AvgIpc) is 2.88. The summed E-state index contributed by atoms with van der Waals surface area (Å²) in [6.45, 7) is 7.37. The summed E-state index contributed by atoms with van der Waals surface area (Å²) < 4.78 is 11.3. The van der Waals surface area contributed by atoms with Crippen molar-refractivity contribution in [1.82, 2.24) is 10.3 Å². The number of nitrogens with one attached hydrogen (secondary N) is 2. The monoisotopic (exact) mass is 467 g/mol. The molecule has 5 rings (SSSR count). The molecule has 6 nitrogen and oxygen atoms in total. The zero-order valence-electron chi connectivity index (χ0n) is 20.2. The second kappa shape index (κ2) is 9.66. The summed E-state index contributed by atoms with van der Waals surface area (Å²) in [6.07, 6.45) is 0. The number of para-hydroxylation sites is 1. The molecule has 1 aromatic heterocycles. The second-order valence-corrected chi connectivity index (χ2v) is 9.07. The number of carbonyl (C=O) groups is 1. The molecule has 1 aliphatic rings. The van der Waals surface area contributed by atoms with E-state index >= 15 is 0 Å². The molecule has 0 spiro atoms. The third-order valence-corrected chi connectivity index (χ3v) is 6.22. The Bertz CT molecular complexity index is 1370. The molecule has 1 atom stereocenters. The summed E-state index contributed by atoms with van der Waals surface area (Å²) in [4.78, 5) is 18.2. The van der Waals surface area contributed by atoms with E-state index in [1.807, 2.05) is 67.6 Å². The minimum absolute atomic E-state index is 0.163. The number of pyridine rings is 1. The van der Waals surface area contributed by atoms with Gasteiger partial charge in [-0.25, -0.2) is 4.98 Å². The molecule has 0 saturated heterocycles. The second-order valence-electron chi connectivity index (χ2n) is 9.07. The predicted octanol–water partition coefficient (Wildman–Crippen LogP) is 6.36. The van der Waals surface area contributed by atoms with E-state index in [-0.39, 0.29) is 11.9 Å². The third kappa shape index (κ3) is 4.92. The number of hydrogen-bond donors (Lipinski definition) is 2. The zero-order valence-corrected chi connectivity index (χ0v) is 20.2. The molecule has 6 heteroatoms. The lowest BCUT2D eigenvalue weighted by Crippen LogP contribution is -2.27. The van der Waals surface area contributed by atoms with E-state index in [4.69, 9.17) is 14.5 Å². The Kier molecular flexibility index (Phi) is 6.27. The number of aromatic nitrogens is 1. The highest BCUT2D eigenvalue weighted by atomic mass is 16.6. The molecule has 2 N–H and O–H groups in total. The van der Waals surface area contributed by atoms with Crippen LogP contribution in [0.1, 0.15) is 54.2 Å². The smallest absolute Gasteiger partial charge is 0.252 e. The summed E-state index contributed by atoms with van der Waals surface area (Å²) in [5.74, 6) is 2.37. The maximum atomic E-state index is 13.4. The molecule has 1 aliphatic heterocycles. The Morgan fingerprint density at radius 1 is 0.857 bits per heavy atom. The van der Waals surface area contributed by atoms with Gasteiger partial charge in [-0.15, -0.1) is 0 Å².